The second-order valence-electron chi connectivity index (χ2n) is 13.1. The van der Waals surface area contributed by atoms with E-state index in [0.717, 1.165) is 29.6 Å². The van der Waals surface area contributed by atoms with Crippen molar-refractivity contribution in [3.8, 4) is 0 Å². The van der Waals surface area contributed by atoms with Gasteiger partial charge in [-0.3, -0.25) is 0 Å². The number of hydrogen-bond acceptors (Lipinski definition) is 0. The molecule has 0 aliphatic heterocycles. The van der Waals surface area contributed by atoms with Crippen LogP contribution in [0, 0.1) is 40.4 Å². The molecule has 0 amide bonds. The molecular weight excluding hydrogens is 420 g/mol. The highest BCUT2D eigenvalue weighted by atomic mass is 14.6. The second kappa shape index (κ2) is 9.57. The topological polar surface area (TPSA) is 0 Å². The number of hydrogen-bond donors (Lipinski definition) is 0. The molecule has 0 N–H and O–H groups in total. The summed E-state index contributed by atoms with van der Waals surface area (Å²) in [4.78, 5) is 0. The van der Waals surface area contributed by atoms with Crippen LogP contribution in [0.5, 0.6) is 0 Å². The van der Waals surface area contributed by atoms with Crippen molar-refractivity contribution >= 4 is 5.57 Å². The molecule has 186 valence electrons. The fraction of sp³-hybridized carbons (Fsp3) is 0.600. The van der Waals surface area contributed by atoms with Gasteiger partial charge in [0.15, 0.2) is 0 Å². The SMILES string of the molecule is CC12CCCCC1CCC1C2CCC2(C)C(CCC=C(c3ccccc3)c3ccccc3)CCC12. The lowest BCUT2D eigenvalue weighted by Crippen LogP contribution is -2.52. The summed E-state index contributed by atoms with van der Waals surface area (Å²) in [6.07, 6.45) is 20.3. The van der Waals surface area contributed by atoms with Gasteiger partial charge in [-0.1, -0.05) is 93.4 Å². The normalized spacial score (nSPS) is 38.2. The summed E-state index contributed by atoms with van der Waals surface area (Å²) in [5.74, 6) is 5.00. The minimum Gasteiger partial charge on any atom is -0.0760 e. The van der Waals surface area contributed by atoms with Gasteiger partial charge in [0.05, 0.1) is 0 Å². The lowest BCUT2D eigenvalue weighted by Gasteiger charge is -2.60. The molecule has 4 aliphatic carbocycles. The second-order valence-corrected chi connectivity index (χ2v) is 13.1. The molecule has 4 fully saturated rings. The molecule has 0 heterocycles. The molecular formula is C35H46. The van der Waals surface area contributed by atoms with E-state index in [1.165, 1.54) is 87.3 Å². The summed E-state index contributed by atoms with van der Waals surface area (Å²) < 4.78 is 0. The van der Waals surface area contributed by atoms with E-state index in [0.29, 0.717) is 10.8 Å². The van der Waals surface area contributed by atoms with Crippen LogP contribution >= 0.6 is 0 Å². The van der Waals surface area contributed by atoms with Gasteiger partial charge in [0.1, 0.15) is 0 Å². The predicted octanol–water partition coefficient (Wildman–Crippen LogP) is 9.95. The van der Waals surface area contributed by atoms with E-state index in [-0.39, 0.29) is 0 Å². The van der Waals surface area contributed by atoms with Crippen molar-refractivity contribution < 1.29 is 0 Å². The minimum atomic E-state index is 0.590. The zero-order chi connectivity index (χ0) is 23.9. The first-order chi connectivity index (χ1) is 17.1. The van der Waals surface area contributed by atoms with Gasteiger partial charge in [-0.2, -0.15) is 0 Å². The third-order valence-electron chi connectivity index (χ3n) is 11.8. The third-order valence-corrected chi connectivity index (χ3v) is 11.8. The van der Waals surface area contributed by atoms with Crippen molar-refractivity contribution in [1.29, 1.82) is 0 Å². The Hall–Kier alpha value is -1.82. The van der Waals surface area contributed by atoms with Gasteiger partial charge in [-0.25, -0.2) is 0 Å². The predicted molar refractivity (Wildman–Crippen MR) is 149 cm³/mol. The van der Waals surface area contributed by atoms with Gasteiger partial charge >= 0.3 is 0 Å². The zero-order valence-electron chi connectivity index (χ0n) is 22.2. The summed E-state index contributed by atoms with van der Waals surface area (Å²) in [7, 11) is 0. The zero-order valence-corrected chi connectivity index (χ0v) is 22.2. The van der Waals surface area contributed by atoms with Crippen molar-refractivity contribution in [3.05, 3.63) is 77.9 Å². The third kappa shape index (κ3) is 4.14. The molecule has 0 bridgehead atoms. The van der Waals surface area contributed by atoms with E-state index >= 15 is 0 Å². The fourth-order valence-electron chi connectivity index (χ4n) is 9.94. The molecule has 7 unspecified atom stereocenters. The van der Waals surface area contributed by atoms with E-state index < -0.39 is 0 Å². The quantitative estimate of drug-likeness (QED) is 0.411. The maximum atomic E-state index is 2.72. The van der Waals surface area contributed by atoms with Gasteiger partial charge in [0, 0.05) is 0 Å². The number of allylic oxidation sites excluding steroid dienone is 1. The summed E-state index contributed by atoms with van der Waals surface area (Å²) in [5, 5.41) is 0. The average molecular weight is 467 g/mol. The fourth-order valence-corrected chi connectivity index (χ4v) is 9.94. The lowest BCUT2D eigenvalue weighted by molar-refractivity contribution is -0.111. The van der Waals surface area contributed by atoms with E-state index in [1.54, 1.807) is 6.42 Å². The first-order valence-electron chi connectivity index (χ1n) is 14.9. The summed E-state index contributed by atoms with van der Waals surface area (Å²) >= 11 is 0. The maximum Gasteiger partial charge on any atom is -0.0151 e. The van der Waals surface area contributed by atoms with Crippen molar-refractivity contribution in [2.24, 2.45) is 40.4 Å². The van der Waals surface area contributed by atoms with Gasteiger partial charge in [-0.05, 0) is 121 Å². The Morgan fingerprint density at radius 2 is 1.40 bits per heavy atom. The van der Waals surface area contributed by atoms with Crippen LogP contribution in [0.1, 0.15) is 102 Å². The van der Waals surface area contributed by atoms with Gasteiger partial charge in [0.2, 0.25) is 0 Å². The summed E-state index contributed by atoms with van der Waals surface area (Å²) in [6, 6.07) is 22.0. The molecule has 0 radical (unpaired) electrons. The molecule has 4 aliphatic rings. The molecule has 35 heavy (non-hydrogen) atoms. The lowest BCUT2D eigenvalue weighted by atomic mass is 9.45. The summed E-state index contributed by atoms with van der Waals surface area (Å²) in [5.41, 5.74) is 5.38. The van der Waals surface area contributed by atoms with E-state index in [2.05, 4.69) is 80.6 Å². The molecule has 4 saturated carbocycles. The first kappa shape index (κ1) is 23.6. The van der Waals surface area contributed by atoms with Crippen LogP contribution in [0.25, 0.3) is 5.57 Å². The molecule has 0 aromatic heterocycles. The molecule has 2 aromatic rings. The van der Waals surface area contributed by atoms with Gasteiger partial charge in [-0.15, -0.1) is 0 Å². The van der Waals surface area contributed by atoms with Crippen molar-refractivity contribution in [2.45, 2.75) is 90.9 Å². The molecule has 6 rings (SSSR count). The van der Waals surface area contributed by atoms with Crippen LogP contribution in [0.4, 0.5) is 0 Å². The monoisotopic (exact) mass is 466 g/mol. The van der Waals surface area contributed by atoms with Crippen molar-refractivity contribution in [3.63, 3.8) is 0 Å². The summed E-state index contributed by atoms with van der Waals surface area (Å²) in [6.45, 7) is 5.45. The Labute approximate surface area is 214 Å². The average Bonchev–Trinajstić information content (AvgIpc) is 3.23. The van der Waals surface area contributed by atoms with Crippen LogP contribution in [0.3, 0.4) is 0 Å². The smallest absolute Gasteiger partial charge is 0.0151 e. The Morgan fingerprint density at radius 1 is 0.714 bits per heavy atom. The maximum absolute atomic E-state index is 2.72. The number of rotatable bonds is 5. The van der Waals surface area contributed by atoms with Crippen LogP contribution < -0.4 is 0 Å². The molecule has 0 spiro atoms. The Bertz CT molecular complexity index is 977. The van der Waals surface area contributed by atoms with Crippen molar-refractivity contribution in [2.75, 3.05) is 0 Å². The molecule has 7 atom stereocenters. The Kier molecular flexibility index (Phi) is 6.44. The Morgan fingerprint density at radius 3 is 2.11 bits per heavy atom. The van der Waals surface area contributed by atoms with Crippen LogP contribution in [-0.4, -0.2) is 0 Å². The molecule has 0 nitrogen and oxygen atoms in total. The first-order valence-corrected chi connectivity index (χ1v) is 14.9. The van der Waals surface area contributed by atoms with Crippen LogP contribution in [0.15, 0.2) is 66.7 Å². The van der Waals surface area contributed by atoms with Crippen LogP contribution in [0.2, 0.25) is 0 Å². The highest BCUT2D eigenvalue weighted by Crippen LogP contribution is 2.67. The van der Waals surface area contributed by atoms with E-state index in [1.807, 2.05) is 0 Å². The van der Waals surface area contributed by atoms with Gasteiger partial charge < -0.3 is 0 Å². The molecule has 0 heteroatoms. The van der Waals surface area contributed by atoms with E-state index in [4.69, 9.17) is 0 Å². The highest BCUT2D eigenvalue weighted by Gasteiger charge is 2.59. The molecule has 2 aromatic carbocycles. The van der Waals surface area contributed by atoms with E-state index in [9.17, 15) is 0 Å². The minimum absolute atomic E-state index is 0.590. The largest absolute Gasteiger partial charge is 0.0760 e. The van der Waals surface area contributed by atoms with Gasteiger partial charge in [0.25, 0.3) is 0 Å². The number of fused-ring (bicyclic) bond motifs is 5. The Balaban J connectivity index is 1.18. The standard InChI is InChI=1S/C35H46/c1-34-24-10-9-16-28(34)19-21-31-32-22-20-29(35(32,2)25-23-33(31)34)17-11-18-30(26-12-5-3-6-13-26)27-14-7-4-8-15-27/h3-8,12-15,18,28-29,31-33H,9-11,16-17,19-25H2,1-2H3. The highest BCUT2D eigenvalue weighted by molar-refractivity contribution is 5.79. The molecule has 0 saturated heterocycles. The van der Waals surface area contributed by atoms with Crippen LogP contribution in [-0.2, 0) is 0 Å². The van der Waals surface area contributed by atoms with Crippen molar-refractivity contribution in [1.82, 2.24) is 0 Å². The number of benzene rings is 2.